The van der Waals surface area contributed by atoms with Crippen LogP contribution in [-0.4, -0.2) is 18.6 Å². The van der Waals surface area contributed by atoms with Gasteiger partial charge in [-0.15, -0.1) is 0 Å². The number of nitrogens with one attached hydrogen (secondary N) is 2. The Morgan fingerprint density at radius 1 is 1.25 bits per heavy atom. The van der Waals surface area contributed by atoms with Crippen LogP contribution in [0, 0.1) is 0 Å². The first-order valence-corrected chi connectivity index (χ1v) is 7.36. The molecule has 0 amide bonds. The number of hydrogen-bond donors (Lipinski definition) is 2. The molecular formula is C15H16BrN3O. The van der Waals surface area contributed by atoms with Crippen molar-refractivity contribution in [3.8, 4) is 5.75 Å². The van der Waals surface area contributed by atoms with Crippen LogP contribution in [0.5, 0.6) is 5.75 Å². The van der Waals surface area contributed by atoms with Crippen LogP contribution in [0.3, 0.4) is 0 Å². The highest BCUT2D eigenvalue weighted by Gasteiger charge is 2.17. The van der Waals surface area contributed by atoms with Gasteiger partial charge in [0.1, 0.15) is 5.75 Å². The first kappa shape index (κ1) is 13.2. The molecule has 0 radical (unpaired) electrons. The number of pyridine rings is 1. The number of fused-ring (bicyclic) bond motifs is 1. The summed E-state index contributed by atoms with van der Waals surface area (Å²) in [5.74, 6) is 1.03. The largest absolute Gasteiger partial charge is 0.493 e. The highest BCUT2D eigenvalue weighted by atomic mass is 79.9. The highest BCUT2D eigenvalue weighted by Crippen LogP contribution is 2.33. The van der Waals surface area contributed by atoms with Crippen molar-refractivity contribution in [1.82, 2.24) is 4.98 Å². The minimum absolute atomic E-state index is 0.719. The van der Waals surface area contributed by atoms with E-state index in [0.717, 1.165) is 41.2 Å². The summed E-state index contributed by atoms with van der Waals surface area (Å²) >= 11 is 3.56. The van der Waals surface area contributed by atoms with Crippen LogP contribution in [0.2, 0.25) is 0 Å². The smallest absolute Gasteiger partial charge is 0.127 e. The highest BCUT2D eigenvalue weighted by molar-refractivity contribution is 9.10. The molecule has 2 heterocycles. The Balaban J connectivity index is 1.78. The number of halogens is 1. The number of ether oxygens (including phenoxy) is 1. The molecule has 3 rings (SSSR count). The second kappa shape index (κ2) is 5.71. The molecule has 1 aromatic carbocycles. The topological polar surface area (TPSA) is 46.2 Å². The number of hydrogen-bond acceptors (Lipinski definition) is 4. The Morgan fingerprint density at radius 3 is 2.95 bits per heavy atom. The molecule has 1 aromatic heterocycles. The van der Waals surface area contributed by atoms with E-state index in [0.29, 0.717) is 0 Å². The van der Waals surface area contributed by atoms with E-state index in [9.17, 15) is 0 Å². The molecule has 0 saturated carbocycles. The number of aromatic nitrogens is 1. The average Bonchev–Trinajstić information content (AvgIpc) is 2.93. The lowest BCUT2D eigenvalue weighted by Gasteiger charge is -2.11. The molecule has 20 heavy (non-hydrogen) atoms. The van der Waals surface area contributed by atoms with Crippen LogP contribution < -0.4 is 15.4 Å². The van der Waals surface area contributed by atoms with E-state index in [1.54, 1.807) is 6.20 Å². The van der Waals surface area contributed by atoms with Gasteiger partial charge in [-0.3, -0.25) is 4.98 Å². The predicted octanol–water partition coefficient (Wildman–Crippen LogP) is 3.43. The fraction of sp³-hybridized carbons (Fsp3) is 0.267. The van der Waals surface area contributed by atoms with E-state index in [4.69, 9.17) is 4.74 Å². The van der Waals surface area contributed by atoms with E-state index in [2.05, 4.69) is 43.7 Å². The van der Waals surface area contributed by atoms with Gasteiger partial charge < -0.3 is 15.4 Å². The summed E-state index contributed by atoms with van der Waals surface area (Å²) in [6.45, 7) is 1.49. The van der Waals surface area contributed by atoms with Gasteiger partial charge in [0.2, 0.25) is 0 Å². The summed E-state index contributed by atoms with van der Waals surface area (Å²) in [6, 6.07) is 6.27. The number of benzene rings is 1. The molecule has 0 spiro atoms. The van der Waals surface area contributed by atoms with Gasteiger partial charge in [-0.25, -0.2) is 0 Å². The third-order valence-corrected chi connectivity index (χ3v) is 3.79. The van der Waals surface area contributed by atoms with Crippen molar-refractivity contribution in [2.75, 3.05) is 24.3 Å². The van der Waals surface area contributed by atoms with Crippen molar-refractivity contribution >= 4 is 27.3 Å². The van der Waals surface area contributed by atoms with Crippen molar-refractivity contribution < 1.29 is 4.74 Å². The molecule has 1 aliphatic heterocycles. The van der Waals surface area contributed by atoms with Crippen molar-refractivity contribution in [3.05, 3.63) is 46.2 Å². The Morgan fingerprint density at radius 2 is 2.10 bits per heavy atom. The Kier molecular flexibility index (Phi) is 3.78. The number of rotatable bonds is 4. The maximum Gasteiger partial charge on any atom is 0.127 e. The van der Waals surface area contributed by atoms with Crippen molar-refractivity contribution in [3.63, 3.8) is 0 Å². The molecule has 0 atom stereocenters. The standard InChI is InChI=1S/C15H16BrN3O/c1-17-13-6-14(9-18-8-13)19-7-11-5-12(16)4-10-2-3-20-15(10)11/h4-6,8-9,17,19H,2-3,7H2,1H3. The van der Waals surface area contributed by atoms with Gasteiger partial charge in [-0.1, -0.05) is 15.9 Å². The summed E-state index contributed by atoms with van der Waals surface area (Å²) < 4.78 is 6.83. The zero-order valence-electron chi connectivity index (χ0n) is 11.2. The molecule has 4 nitrogen and oxygen atoms in total. The van der Waals surface area contributed by atoms with Crippen LogP contribution in [0.1, 0.15) is 11.1 Å². The quantitative estimate of drug-likeness (QED) is 0.899. The Hall–Kier alpha value is -1.75. The molecule has 0 unspecified atom stereocenters. The van der Waals surface area contributed by atoms with Crippen molar-refractivity contribution in [2.24, 2.45) is 0 Å². The monoisotopic (exact) mass is 333 g/mol. The first-order valence-electron chi connectivity index (χ1n) is 6.57. The van der Waals surface area contributed by atoms with Gasteiger partial charge in [0.25, 0.3) is 0 Å². The van der Waals surface area contributed by atoms with Gasteiger partial charge in [0, 0.05) is 30.0 Å². The first-order chi connectivity index (χ1) is 9.76. The van der Waals surface area contributed by atoms with E-state index >= 15 is 0 Å². The van der Waals surface area contributed by atoms with Crippen LogP contribution in [-0.2, 0) is 13.0 Å². The fourth-order valence-corrected chi connectivity index (χ4v) is 2.90. The summed E-state index contributed by atoms with van der Waals surface area (Å²) in [5.41, 5.74) is 4.43. The fourth-order valence-electron chi connectivity index (χ4n) is 2.35. The summed E-state index contributed by atoms with van der Waals surface area (Å²) in [7, 11) is 1.88. The van der Waals surface area contributed by atoms with E-state index < -0.39 is 0 Å². The van der Waals surface area contributed by atoms with Crippen molar-refractivity contribution in [2.45, 2.75) is 13.0 Å². The molecule has 0 bridgehead atoms. The Bertz CT molecular complexity index is 631. The SMILES string of the molecule is CNc1cncc(NCc2cc(Br)cc3c2OCC3)c1. The second-order valence-corrected chi connectivity index (χ2v) is 5.63. The molecular weight excluding hydrogens is 318 g/mol. The average molecular weight is 334 g/mol. The third kappa shape index (κ3) is 2.72. The summed E-state index contributed by atoms with van der Waals surface area (Å²) in [6.07, 6.45) is 4.60. The zero-order valence-corrected chi connectivity index (χ0v) is 12.8. The molecule has 2 N–H and O–H groups in total. The van der Waals surface area contributed by atoms with Gasteiger partial charge >= 0.3 is 0 Å². The van der Waals surface area contributed by atoms with Gasteiger partial charge in [-0.2, -0.15) is 0 Å². The molecule has 0 saturated heterocycles. The minimum atomic E-state index is 0.719. The van der Waals surface area contributed by atoms with E-state index in [-0.39, 0.29) is 0 Å². The van der Waals surface area contributed by atoms with Crippen LogP contribution >= 0.6 is 15.9 Å². The molecule has 2 aromatic rings. The van der Waals surface area contributed by atoms with Crippen LogP contribution in [0.15, 0.2) is 35.1 Å². The maximum atomic E-state index is 5.73. The number of anilines is 2. The van der Waals surface area contributed by atoms with Crippen LogP contribution in [0.4, 0.5) is 11.4 Å². The molecule has 5 heteroatoms. The maximum absolute atomic E-state index is 5.73. The molecule has 0 fully saturated rings. The Labute approximate surface area is 126 Å². The van der Waals surface area contributed by atoms with Crippen LogP contribution in [0.25, 0.3) is 0 Å². The van der Waals surface area contributed by atoms with E-state index in [1.807, 2.05) is 19.3 Å². The predicted molar refractivity (Wildman–Crippen MR) is 84.5 cm³/mol. The molecule has 0 aliphatic carbocycles. The van der Waals surface area contributed by atoms with E-state index in [1.165, 1.54) is 11.1 Å². The normalized spacial score (nSPS) is 12.7. The third-order valence-electron chi connectivity index (χ3n) is 3.34. The van der Waals surface area contributed by atoms with Gasteiger partial charge in [0.05, 0.1) is 30.4 Å². The lowest BCUT2D eigenvalue weighted by Crippen LogP contribution is -2.02. The molecule has 104 valence electrons. The number of nitrogens with zero attached hydrogens (tertiary/aromatic N) is 1. The second-order valence-electron chi connectivity index (χ2n) is 4.72. The minimum Gasteiger partial charge on any atom is -0.493 e. The van der Waals surface area contributed by atoms with Gasteiger partial charge in [0.15, 0.2) is 0 Å². The van der Waals surface area contributed by atoms with Crippen molar-refractivity contribution in [1.29, 1.82) is 0 Å². The lowest BCUT2D eigenvalue weighted by atomic mass is 10.1. The summed E-state index contributed by atoms with van der Waals surface area (Å²) in [4.78, 5) is 4.19. The zero-order chi connectivity index (χ0) is 13.9. The van der Waals surface area contributed by atoms with Gasteiger partial charge in [-0.05, 0) is 23.8 Å². The lowest BCUT2D eigenvalue weighted by molar-refractivity contribution is 0.354. The molecule has 1 aliphatic rings. The summed E-state index contributed by atoms with van der Waals surface area (Å²) in [5, 5.41) is 6.47.